The van der Waals surface area contributed by atoms with Crippen molar-refractivity contribution in [1.29, 1.82) is 0 Å². The Kier molecular flexibility index (Phi) is 5.87. The molecule has 0 bridgehead atoms. The van der Waals surface area contributed by atoms with Crippen molar-refractivity contribution in [1.82, 2.24) is 5.32 Å². The average molecular weight is 252 g/mol. The molecule has 0 aliphatic carbocycles. The van der Waals surface area contributed by atoms with E-state index in [0.29, 0.717) is 5.38 Å². The largest absolute Gasteiger partial charge is 0.312 e. The first-order valence-electron chi connectivity index (χ1n) is 4.81. The summed E-state index contributed by atoms with van der Waals surface area (Å²) in [5.74, 6) is 0. The summed E-state index contributed by atoms with van der Waals surface area (Å²) in [7, 11) is 0. The molecule has 1 heterocycles. The molecule has 0 radical (unpaired) electrons. The summed E-state index contributed by atoms with van der Waals surface area (Å²) in [5, 5.41) is 3.65. The zero-order valence-electron chi connectivity index (χ0n) is 8.22. The molecule has 1 aromatic rings. The molecule has 0 spiro atoms. The quantitative estimate of drug-likeness (QED) is 0.598. The van der Waals surface area contributed by atoms with E-state index in [1.54, 1.807) is 11.3 Å². The molecule has 1 nitrogen and oxygen atoms in total. The van der Waals surface area contributed by atoms with Gasteiger partial charge in [-0.25, -0.2) is 0 Å². The minimum Gasteiger partial charge on any atom is -0.312 e. The van der Waals surface area contributed by atoms with Gasteiger partial charge in [0, 0.05) is 16.8 Å². The van der Waals surface area contributed by atoms with Gasteiger partial charge in [-0.05, 0) is 31.5 Å². The van der Waals surface area contributed by atoms with Crippen LogP contribution >= 0.6 is 34.5 Å². The van der Waals surface area contributed by atoms with E-state index in [1.807, 2.05) is 6.07 Å². The van der Waals surface area contributed by atoms with Crippen molar-refractivity contribution in [3.05, 3.63) is 21.3 Å². The summed E-state index contributed by atoms with van der Waals surface area (Å²) < 4.78 is 0.852. The van der Waals surface area contributed by atoms with Gasteiger partial charge in [0.25, 0.3) is 0 Å². The van der Waals surface area contributed by atoms with Gasteiger partial charge in [-0.2, -0.15) is 0 Å². The monoisotopic (exact) mass is 251 g/mol. The van der Waals surface area contributed by atoms with Crippen LogP contribution in [0.25, 0.3) is 0 Å². The van der Waals surface area contributed by atoms with Crippen LogP contribution in [-0.2, 0) is 6.54 Å². The molecule has 0 aliphatic rings. The Labute approximate surface area is 99.4 Å². The molecule has 4 heteroatoms. The Balaban J connectivity index is 2.10. The van der Waals surface area contributed by atoms with E-state index in [-0.39, 0.29) is 0 Å². The Hall–Kier alpha value is 0.240. The maximum absolute atomic E-state index is 5.99. The summed E-state index contributed by atoms with van der Waals surface area (Å²) in [6.07, 6.45) is 2.06. The van der Waals surface area contributed by atoms with Crippen LogP contribution in [0.1, 0.15) is 24.6 Å². The van der Waals surface area contributed by atoms with Gasteiger partial charge < -0.3 is 5.32 Å². The maximum Gasteiger partial charge on any atom is 0.0931 e. The smallest absolute Gasteiger partial charge is 0.0931 e. The lowest BCUT2D eigenvalue weighted by Gasteiger charge is -2.06. The molecule has 1 atom stereocenters. The van der Waals surface area contributed by atoms with Crippen LogP contribution in [0.5, 0.6) is 0 Å². The SMILES string of the molecule is CCC(Cl)CCNCc1ccc(Cl)s1. The summed E-state index contributed by atoms with van der Waals surface area (Å²) in [6.45, 7) is 3.97. The predicted molar refractivity (Wildman–Crippen MR) is 65.6 cm³/mol. The van der Waals surface area contributed by atoms with Crippen LogP contribution in [0.4, 0.5) is 0 Å². The lowest BCUT2D eigenvalue weighted by atomic mass is 10.2. The topological polar surface area (TPSA) is 12.0 Å². The average Bonchev–Trinajstić information content (AvgIpc) is 2.58. The van der Waals surface area contributed by atoms with Crippen LogP contribution in [0.3, 0.4) is 0 Å². The van der Waals surface area contributed by atoms with Crippen molar-refractivity contribution < 1.29 is 0 Å². The highest BCUT2D eigenvalue weighted by atomic mass is 35.5. The summed E-state index contributed by atoms with van der Waals surface area (Å²) >= 11 is 13.4. The van der Waals surface area contributed by atoms with Crippen molar-refractivity contribution in [2.24, 2.45) is 0 Å². The number of alkyl halides is 1. The Morgan fingerprint density at radius 2 is 2.29 bits per heavy atom. The van der Waals surface area contributed by atoms with Gasteiger partial charge in [0.1, 0.15) is 0 Å². The molecule has 0 fully saturated rings. The van der Waals surface area contributed by atoms with Gasteiger partial charge >= 0.3 is 0 Å². The Bertz CT molecular complexity index is 262. The summed E-state index contributed by atoms with van der Waals surface area (Å²) in [4.78, 5) is 1.28. The highest BCUT2D eigenvalue weighted by molar-refractivity contribution is 7.16. The zero-order valence-corrected chi connectivity index (χ0v) is 10.6. The van der Waals surface area contributed by atoms with E-state index in [2.05, 4.69) is 18.3 Å². The molecule has 1 unspecified atom stereocenters. The Morgan fingerprint density at radius 1 is 1.50 bits per heavy atom. The molecule has 14 heavy (non-hydrogen) atoms. The van der Waals surface area contributed by atoms with Crippen LogP contribution < -0.4 is 5.32 Å². The third-order valence-electron chi connectivity index (χ3n) is 2.01. The molecule has 0 aliphatic heterocycles. The van der Waals surface area contributed by atoms with E-state index in [4.69, 9.17) is 23.2 Å². The third-order valence-corrected chi connectivity index (χ3v) is 3.76. The summed E-state index contributed by atoms with van der Waals surface area (Å²) in [6, 6.07) is 3.98. The number of thiophene rings is 1. The van der Waals surface area contributed by atoms with Crippen molar-refractivity contribution in [2.75, 3.05) is 6.54 Å². The first-order chi connectivity index (χ1) is 6.72. The lowest BCUT2D eigenvalue weighted by Crippen LogP contribution is -2.17. The normalized spacial score (nSPS) is 13.1. The molecule has 0 amide bonds. The fourth-order valence-corrected chi connectivity index (χ4v) is 2.29. The fourth-order valence-electron chi connectivity index (χ4n) is 1.12. The van der Waals surface area contributed by atoms with Crippen molar-refractivity contribution in [3.63, 3.8) is 0 Å². The first kappa shape index (κ1) is 12.3. The van der Waals surface area contributed by atoms with Gasteiger partial charge in [-0.1, -0.05) is 18.5 Å². The standard InChI is InChI=1S/C10H15Cl2NS/c1-2-8(11)5-6-13-7-9-3-4-10(12)14-9/h3-4,8,13H,2,5-7H2,1H3. The molecule has 80 valence electrons. The zero-order chi connectivity index (χ0) is 10.4. The number of halogens is 2. The van der Waals surface area contributed by atoms with Crippen molar-refractivity contribution in [2.45, 2.75) is 31.7 Å². The van der Waals surface area contributed by atoms with E-state index in [9.17, 15) is 0 Å². The number of hydrogen-bond acceptors (Lipinski definition) is 2. The minimum absolute atomic E-state index is 0.300. The van der Waals surface area contributed by atoms with Crippen LogP contribution in [0.15, 0.2) is 12.1 Å². The molecule has 1 rings (SSSR count). The highest BCUT2D eigenvalue weighted by Crippen LogP contribution is 2.20. The predicted octanol–water partition coefficient (Wildman–Crippen LogP) is 3.90. The second-order valence-corrected chi connectivity index (χ2v) is 5.59. The molecule has 0 aromatic carbocycles. The first-order valence-corrected chi connectivity index (χ1v) is 6.44. The van der Waals surface area contributed by atoms with E-state index in [1.165, 1.54) is 4.88 Å². The molecule has 1 N–H and O–H groups in total. The fraction of sp³-hybridized carbons (Fsp3) is 0.600. The van der Waals surface area contributed by atoms with E-state index in [0.717, 1.165) is 30.3 Å². The molecular formula is C10H15Cl2NS. The summed E-state index contributed by atoms with van der Waals surface area (Å²) in [5.41, 5.74) is 0. The maximum atomic E-state index is 5.99. The third kappa shape index (κ3) is 4.65. The number of hydrogen-bond donors (Lipinski definition) is 1. The molecule has 1 aromatic heterocycles. The van der Waals surface area contributed by atoms with Gasteiger partial charge in [0.2, 0.25) is 0 Å². The van der Waals surface area contributed by atoms with Crippen LogP contribution in [0.2, 0.25) is 4.34 Å². The second-order valence-electron chi connectivity index (χ2n) is 3.18. The van der Waals surface area contributed by atoms with Crippen LogP contribution in [-0.4, -0.2) is 11.9 Å². The van der Waals surface area contributed by atoms with Crippen molar-refractivity contribution >= 4 is 34.5 Å². The van der Waals surface area contributed by atoms with E-state index < -0.39 is 0 Å². The second kappa shape index (κ2) is 6.67. The minimum atomic E-state index is 0.300. The Morgan fingerprint density at radius 3 is 2.86 bits per heavy atom. The lowest BCUT2D eigenvalue weighted by molar-refractivity contribution is 0.625. The highest BCUT2D eigenvalue weighted by Gasteiger charge is 2.01. The van der Waals surface area contributed by atoms with Gasteiger partial charge in [-0.15, -0.1) is 22.9 Å². The van der Waals surface area contributed by atoms with Gasteiger partial charge in [0.15, 0.2) is 0 Å². The number of rotatable bonds is 6. The van der Waals surface area contributed by atoms with Gasteiger partial charge in [-0.3, -0.25) is 0 Å². The molecular weight excluding hydrogens is 237 g/mol. The van der Waals surface area contributed by atoms with Crippen molar-refractivity contribution in [3.8, 4) is 0 Å². The number of nitrogens with one attached hydrogen (secondary N) is 1. The molecule has 0 saturated heterocycles. The van der Waals surface area contributed by atoms with E-state index >= 15 is 0 Å². The van der Waals surface area contributed by atoms with Gasteiger partial charge in [0.05, 0.1) is 4.34 Å². The molecule has 0 saturated carbocycles. The van der Waals surface area contributed by atoms with Crippen LogP contribution in [0, 0.1) is 0 Å².